The van der Waals surface area contributed by atoms with Gasteiger partial charge >= 0.3 is 5.97 Å². The van der Waals surface area contributed by atoms with Gasteiger partial charge in [0.05, 0.1) is 19.8 Å². The summed E-state index contributed by atoms with van der Waals surface area (Å²) in [6, 6.07) is -4.36. The topological polar surface area (TPSA) is 237 Å². The molecule has 9 N–H and O–H groups in total. The molecule has 0 aromatic carbocycles. The average molecular weight is 588 g/mol. The lowest BCUT2D eigenvalue weighted by molar-refractivity contribution is -0.138. The number of aliphatic carboxylic acids is 1. The van der Waals surface area contributed by atoms with Crippen molar-refractivity contribution in [1.29, 1.82) is 0 Å². The Morgan fingerprint density at radius 1 is 0.634 bits per heavy atom. The van der Waals surface area contributed by atoms with Gasteiger partial charge in [-0.1, -0.05) is 71.1 Å². The number of carbonyl (C=O) groups is 6. The molecule has 0 aliphatic rings. The van der Waals surface area contributed by atoms with E-state index in [1.807, 2.05) is 0 Å². The summed E-state index contributed by atoms with van der Waals surface area (Å²) in [5, 5.41) is 37.1. The lowest BCUT2D eigenvalue weighted by Gasteiger charge is -2.24. The Bertz CT molecular complexity index is 825. The summed E-state index contributed by atoms with van der Waals surface area (Å²) in [5.74, 6) is -5.40. The van der Waals surface area contributed by atoms with Gasteiger partial charge in [-0.2, -0.15) is 0 Å². The van der Waals surface area contributed by atoms with Crippen LogP contribution in [-0.4, -0.2) is 88.7 Å². The number of carboxylic acids is 1. The monoisotopic (exact) mass is 587 g/mol. The Labute approximate surface area is 241 Å². The summed E-state index contributed by atoms with van der Waals surface area (Å²) in [4.78, 5) is 71.7. The van der Waals surface area contributed by atoms with Crippen LogP contribution in [0.25, 0.3) is 0 Å². The van der Waals surface area contributed by atoms with Crippen molar-refractivity contribution in [2.75, 3.05) is 19.8 Å². The van der Waals surface area contributed by atoms with E-state index in [2.05, 4.69) is 28.2 Å². The zero-order valence-electron chi connectivity index (χ0n) is 24.1. The van der Waals surface area contributed by atoms with Gasteiger partial charge in [-0.25, -0.2) is 0 Å². The van der Waals surface area contributed by atoms with Crippen LogP contribution in [0.15, 0.2) is 0 Å². The lowest BCUT2D eigenvalue weighted by Crippen LogP contribution is -2.58. The van der Waals surface area contributed by atoms with E-state index in [0.29, 0.717) is 6.42 Å². The first kappa shape index (κ1) is 37.7. The molecule has 14 nitrogen and oxygen atoms in total. The first-order valence-corrected chi connectivity index (χ1v) is 14.4. The number of hydrogen-bond donors (Lipinski definition) is 8. The summed E-state index contributed by atoms with van der Waals surface area (Å²) in [6.45, 7) is 0.0302. The maximum Gasteiger partial charge on any atom is 0.303 e. The average Bonchev–Trinajstić information content (AvgIpc) is 2.93. The molecule has 0 radical (unpaired) electrons. The third-order valence-electron chi connectivity index (χ3n) is 6.37. The molecule has 0 rings (SSSR count). The summed E-state index contributed by atoms with van der Waals surface area (Å²) in [6.07, 6.45) is 11.5. The SMILES string of the molecule is CCCCCCCCCCCCCC(=O)N[C@@H](CO)C(=O)N[C@@H](CCC(=O)O)C(=O)N[C@@H](CO)C(=O)NCC(N)=O. The largest absolute Gasteiger partial charge is 0.481 e. The van der Waals surface area contributed by atoms with Gasteiger partial charge in [0, 0.05) is 12.8 Å². The van der Waals surface area contributed by atoms with Crippen LogP contribution in [0.5, 0.6) is 0 Å². The smallest absolute Gasteiger partial charge is 0.303 e. The van der Waals surface area contributed by atoms with E-state index in [4.69, 9.17) is 10.8 Å². The van der Waals surface area contributed by atoms with Crippen molar-refractivity contribution in [3.05, 3.63) is 0 Å². The number of unbranched alkanes of at least 4 members (excludes halogenated alkanes) is 10. The predicted octanol–water partition coefficient (Wildman–Crippen LogP) is -0.407. The van der Waals surface area contributed by atoms with Crippen molar-refractivity contribution in [3.63, 3.8) is 0 Å². The lowest BCUT2D eigenvalue weighted by atomic mass is 10.1. The Hall–Kier alpha value is -3.26. The van der Waals surface area contributed by atoms with E-state index < -0.39 is 79.8 Å². The van der Waals surface area contributed by atoms with Gasteiger partial charge in [0.25, 0.3) is 0 Å². The van der Waals surface area contributed by atoms with Crippen molar-refractivity contribution in [2.24, 2.45) is 5.73 Å². The molecule has 5 amide bonds. The molecule has 0 bridgehead atoms. The number of nitrogens with two attached hydrogens (primary N) is 1. The number of hydrogen-bond acceptors (Lipinski definition) is 8. The van der Waals surface area contributed by atoms with Crippen molar-refractivity contribution >= 4 is 35.5 Å². The second-order valence-corrected chi connectivity index (χ2v) is 10.0. The second kappa shape index (κ2) is 23.4. The number of rotatable bonds is 25. The highest BCUT2D eigenvalue weighted by Crippen LogP contribution is 2.12. The minimum Gasteiger partial charge on any atom is -0.481 e. The molecule has 0 fully saturated rings. The van der Waals surface area contributed by atoms with E-state index in [1.165, 1.54) is 44.9 Å². The maximum atomic E-state index is 12.7. The van der Waals surface area contributed by atoms with Gasteiger partial charge in [0.1, 0.15) is 18.1 Å². The minimum atomic E-state index is -1.51. The molecule has 0 aromatic rings. The molecule has 3 atom stereocenters. The van der Waals surface area contributed by atoms with Gasteiger partial charge < -0.3 is 42.3 Å². The standard InChI is InChI=1S/C27H49N5O9/c1-2-3-4-5-6-7-8-9-10-11-12-13-23(36)30-21(18-34)27(41)31-19(14-15-24(37)38)26(40)32-20(17-33)25(39)29-16-22(28)35/h19-21,33-34H,2-18H2,1H3,(H2,28,35)(H,29,39)(H,30,36)(H,31,41)(H,32,40)(H,37,38)/t19-,20-,21-/m0/s1. The number of carboxylic acid groups (broad SMARTS) is 1. The first-order chi connectivity index (χ1) is 19.5. The van der Waals surface area contributed by atoms with Gasteiger partial charge in [0.2, 0.25) is 29.5 Å². The van der Waals surface area contributed by atoms with Crippen LogP contribution in [0.3, 0.4) is 0 Å². The number of nitrogens with one attached hydrogen (secondary N) is 4. The van der Waals surface area contributed by atoms with Crippen LogP contribution in [0.1, 0.15) is 96.8 Å². The molecule has 0 saturated heterocycles. The fraction of sp³-hybridized carbons (Fsp3) is 0.778. The molecular weight excluding hydrogens is 538 g/mol. The fourth-order valence-electron chi connectivity index (χ4n) is 3.98. The summed E-state index contributed by atoms with van der Waals surface area (Å²) in [5.41, 5.74) is 4.95. The molecule has 0 aliphatic carbocycles. The van der Waals surface area contributed by atoms with Crippen LogP contribution >= 0.6 is 0 Å². The van der Waals surface area contributed by atoms with Gasteiger partial charge in [-0.05, 0) is 12.8 Å². The van der Waals surface area contributed by atoms with Crippen molar-refractivity contribution in [2.45, 2.75) is 115 Å². The molecule has 236 valence electrons. The molecule has 0 spiro atoms. The maximum absolute atomic E-state index is 12.7. The molecule has 0 aromatic heterocycles. The highest BCUT2D eigenvalue weighted by Gasteiger charge is 2.29. The Kier molecular flexibility index (Phi) is 21.6. The van der Waals surface area contributed by atoms with Crippen LogP contribution < -0.4 is 27.0 Å². The summed E-state index contributed by atoms with van der Waals surface area (Å²) in [7, 11) is 0. The third kappa shape index (κ3) is 19.5. The minimum absolute atomic E-state index is 0.155. The molecule has 41 heavy (non-hydrogen) atoms. The normalized spacial score (nSPS) is 13.0. The van der Waals surface area contributed by atoms with Crippen molar-refractivity contribution < 1.29 is 44.1 Å². The number of amides is 5. The fourth-order valence-corrected chi connectivity index (χ4v) is 3.98. The Morgan fingerprint density at radius 3 is 1.59 bits per heavy atom. The van der Waals surface area contributed by atoms with Crippen molar-refractivity contribution in [1.82, 2.24) is 21.3 Å². The third-order valence-corrected chi connectivity index (χ3v) is 6.37. The molecule has 0 unspecified atom stereocenters. The van der Waals surface area contributed by atoms with Gasteiger partial charge in [-0.3, -0.25) is 28.8 Å². The van der Waals surface area contributed by atoms with Gasteiger partial charge in [0.15, 0.2) is 0 Å². The number of primary amides is 1. The number of aliphatic hydroxyl groups is 2. The van der Waals surface area contributed by atoms with Gasteiger partial charge in [-0.15, -0.1) is 0 Å². The molecule has 0 saturated carbocycles. The quantitative estimate of drug-likeness (QED) is 0.0647. The second-order valence-electron chi connectivity index (χ2n) is 10.0. The van der Waals surface area contributed by atoms with Crippen LogP contribution in [0.4, 0.5) is 0 Å². The molecule has 14 heteroatoms. The first-order valence-electron chi connectivity index (χ1n) is 14.4. The molecule has 0 heterocycles. The number of carbonyl (C=O) groups excluding carboxylic acids is 5. The van der Waals surface area contributed by atoms with Crippen molar-refractivity contribution in [3.8, 4) is 0 Å². The Morgan fingerprint density at radius 2 is 1.10 bits per heavy atom. The van der Waals surface area contributed by atoms with E-state index >= 15 is 0 Å². The van der Waals surface area contributed by atoms with Crippen LogP contribution in [0.2, 0.25) is 0 Å². The Balaban J connectivity index is 4.73. The highest BCUT2D eigenvalue weighted by atomic mass is 16.4. The zero-order chi connectivity index (χ0) is 31.0. The van der Waals surface area contributed by atoms with Crippen LogP contribution in [0, 0.1) is 0 Å². The molecular formula is C27H49N5O9. The van der Waals surface area contributed by atoms with E-state index in [9.17, 15) is 39.0 Å². The number of aliphatic hydroxyl groups excluding tert-OH is 2. The molecule has 0 aliphatic heterocycles. The summed E-state index contributed by atoms with van der Waals surface area (Å²) >= 11 is 0. The highest BCUT2D eigenvalue weighted by molar-refractivity contribution is 5.95. The van der Waals surface area contributed by atoms with E-state index in [-0.39, 0.29) is 12.8 Å². The van der Waals surface area contributed by atoms with E-state index in [1.54, 1.807) is 0 Å². The van der Waals surface area contributed by atoms with Crippen LogP contribution in [-0.2, 0) is 28.8 Å². The zero-order valence-corrected chi connectivity index (χ0v) is 24.1. The predicted molar refractivity (Wildman–Crippen MR) is 150 cm³/mol. The summed E-state index contributed by atoms with van der Waals surface area (Å²) < 4.78 is 0. The van der Waals surface area contributed by atoms with E-state index in [0.717, 1.165) is 19.3 Å².